The molecule has 2 saturated heterocycles. The van der Waals surface area contributed by atoms with Gasteiger partial charge < -0.3 is 25.0 Å². The highest BCUT2D eigenvalue weighted by Crippen LogP contribution is 2.38. The molecule has 5 rings (SSSR count). The van der Waals surface area contributed by atoms with Gasteiger partial charge in [0.2, 0.25) is 0 Å². The van der Waals surface area contributed by atoms with E-state index < -0.39 is 0 Å². The lowest BCUT2D eigenvalue weighted by atomic mass is 10.1. The third kappa shape index (κ3) is 3.42. The van der Waals surface area contributed by atoms with E-state index in [1.807, 2.05) is 31.2 Å². The number of aromatic nitrogens is 2. The number of carbonyl (C=O) groups excluding carboxylic acids is 1. The van der Waals surface area contributed by atoms with Crippen molar-refractivity contribution in [3.8, 4) is 11.4 Å². The van der Waals surface area contributed by atoms with E-state index in [1.54, 1.807) is 0 Å². The molecule has 2 aromatic rings. The summed E-state index contributed by atoms with van der Waals surface area (Å²) in [5.74, 6) is 1.70. The molecule has 8 nitrogen and oxygen atoms in total. The number of nitrogens with one attached hydrogen (secondary N) is 2. The van der Waals surface area contributed by atoms with Crippen LogP contribution in [0.25, 0.3) is 11.4 Å². The fourth-order valence-electron chi connectivity index (χ4n) is 4.39. The molecule has 8 heteroatoms. The number of carbonyl (C=O) groups is 1. The molecular formula is C21H25N5O3. The minimum absolute atomic E-state index is 0.212. The summed E-state index contributed by atoms with van der Waals surface area (Å²) in [6, 6.07) is 8.17. The number of anilines is 2. The highest BCUT2D eigenvalue weighted by Gasteiger charge is 2.40. The molecule has 3 aliphatic heterocycles. The van der Waals surface area contributed by atoms with Crippen LogP contribution in [-0.4, -0.2) is 47.8 Å². The van der Waals surface area contributed by atoms with Crippen molar-refractivity contribution in [1.82, 2.24) is 15.3 Å². The quantitative estimate of drug-likeness (QED) is 0.828. The Balaban J connectivity index is 1.46. The molecule has 2 N–H and O–H groups in total. The second-order valence-corrected chi connectivity index (χ2v) is 7.68. The molecule has 3 aliphatic rings. The maximum absolute atomic E-state index is 11.7. The van der Waals surface area contributed by atoms with Gasteiger partial charge in [0.1, 0.15) is 5.82 Å². The predicted molar refractivity (Wildman–Crippen MR) is 109 cm³/mol. The molecule has 2 atom stereocenters. The second-order valence-electron chi connectivity index (χ2n) is 7.68. The first-order valence-corrected chi connectivity index (χ1v) is 10.2. The number of fused-ring (bicyclic) bond motifs is 3. The van der Waals surface area contributed by atoms with Crippen LogP contribution in [0.4, 0.5) is 16.3 Å². The van der Waals surface area contributed by atoms with Gasteiger partial charge in [0.25, 0.3) is 0 Å². The van der Waals surface area contributed by atoms with Crippen LogP contribution in [0.3, 0.4) is 0 Å². The van der Waals surface area contributed by atoms with Crippen LogP contribution in [0, 0.1) is 0 Å². The van der Waals surface area contributed by atoms with Gasteiger partial charge >= 0.3 is 6.03 Å². The molecule has 0 radical (unpaired) electrons. The molecule has 0 aliphatic carbocycles. The summed E-state index contributed by atoms with van der Waals surface area (Å²) >= 11 is 0. The van der Waals surface area contributed by atoms with Crippen molar-refractivity contribution < 1.29 is 14.3 Å². The predicted octanol–water partition coefficient (Wildman–Crippen LogP) is 2.68. The minimum atomic E-state index is -0.212. The second kappa shape index (κ2) is 7.61. The Labute approximate surface area is 169 Å². The van der Waals surface area contributed by atoms with Gasteiger partial charge in [0.15, 0.2) is 5.82 Å². The lowest BCUT2D eigenvalue weighted by Crippen LogP contribution is -2.46. The number of hydrogen-bond donors (Lipinski definition) is 2. The average molecular weight is 395 g/mol. The third-order valence-corrected chi connectivity index (χ3v) is 5.78. The van der Waals surface area contributed by atoms with E-state index in [0.717, 1.165) is 54.4 Å². The number of morpholine rings is 1. The molecule has 0 spiro atoms. The average Bonchev–Trinajstić information content (AvgIpc) is 3.29. The van der Waals surface area contributed by atoms with E-state index in [0.29, 0.717) is 37.7 Å². The van der Waals surface area contributed by atoms with E-state index in [-0.39, 0.29) is 6.03 Å². The zero-order valence-corrected chi connectivity index (χ0v) is 16.5. The van der Waals surface area contributed by atoms with E-state index in [4.69, 9.17) is 19.4 Å². The van der Waals surface area contributed by atoms with Gasteiger partial charge in [0, 0.05) is 23.4 Å². The molecule has 1 aromatic carbocycles. The van der Waals surface area contributed by atoms with Gasteiger partial charge in [-0.05, 0) is 44.0 Å². The van der Waals surface area contributed by atoms with Crippen molar-refractivity contribution in [2.75, 3.05) is 30.0 Å². The van der Waals surface area contributed by atoms with Crippen LogP contribution in [-0.2, 0) is 22.7 Å². The summed E-state index contributed by atoms with van der Waals surface area (Å²) in [7, 11) is 0. The minimum Gasteiger partial charge on any atom is -0.377 e. The summed E-state index contributed by atoms with van der Waals surface area (Å²) < 4.78 is 11.4. The fourth-order valence-corrected chi connectivity index (χ4v) is 4.39. The van der Waals surface area contributed by atoms with E-state index in [9.17, 15) is 4.79 Å². The van der Waals surface area contributed by atoms with Crippen molar-refractivity contribution in [2.24, 2.45) is 0 Å². The number of urea groups is 1. The Morgan fingerprint density at radius 3 is 2.59 bits per heavy atom. The van der Waals surface area contributed by atoms with Gasteiger partial charge in [-0.2, -0.15) is 0 Å². The van der Waals surface area contributed by atoms with Crippen LogP contribution in [0.5, 0.6) is 0 Å². The van der Waals surface area contributed by atoms with Crippen molar-refractivity contribution in [3.05, 3.63) is 35.5 Å². The first kappa shape index (κ1) is 18.3. The zero-order valence-electron chi connectivity index (χ0n) is 16.5. The number of ether oxygens (including phenoxy) is 2. The third-order valence-electron chi connectivity index (χ3n) is 5.78. The van der Waals surface area contributed by atoms with Gasteiger partial charge in [-0.15, -0.1) is 0 Å². The number of rotatable bonds is 4. The Morgan fingerprint density at radius 1 is 1.10 bits per heavy atom. The molecule has 0 saturated carbocycles. The molecule has 152 valence electrons. The maximum Gasteiger partial charge on any atom is 0.319 e. The van der Waals surface area contributed by atoms with E-state index in [2.05, 4.69) is 15.5 Å². The summed E-state index contributed by atoms with van der Waals surface area (Å²) in [5, 5.41) is 5.54. The number of amides is 2. The Kier molecular flexibility index (Phi) is 4.81. The zero-order chi connectivity index (χ0) is 19.8. The number of hydrogen-bond acceptors (Lipinski definition) is 6. The van der Waals surface area contributed by atoms with Gasteiger partial charge in [0.05, 0.1) is 44.2 Å². The van der Waals surface area contributed by atoms with Crippen LogP contribution >= 0.6 is 0 Å². The fraction of sp³-hybridized carbons (Fsp3) is 0.476. The van der Waals surface area contributed by atoms with Crippen LogP contribution in [0.2, 0.25) is 0 Å². The monoisotopic (exact) mass is 395 g/mol. The Bertz CT molecular complexity index is 901. The van der Waals surface area contributed by atoms with Gasteiger partial charge in [-0.3, -0.25) is 0 Å². The first-order chi connectivity index (χ1) is 14.2. The van der Waals surface area contributed by atoms with Gasteiger partial charge in [-0.25, -0.2) is 14.8 Å². The van der Waals surface area contributed by atoms with E-state index >= 15 is 0 Å². The lowest BCUT2D eigenvalue weighted by Gasteiger charge is -2.36. The van der Waals surface area contributed by atoms with E-state index in [1.165, 1.54) is 0 Å². The molecule has 4 heterocycles. The van der Waals surface area contributed by atoms with Crippen molar-refractivity contribution >= 4 is 17.5 Å². The molecule has 2 fully saturated rings. The van der Waals surface area contributed by atoms with Gasteiger partial charge in [-0.1, -0.05) is 0 Å². The molecule has 1 aromatic heterocycles. The van der Waals surface area contributed by atoms with Crippen LogP contribution in [0.15, 0.2) is 24.3 Å². The summed E-state index contributed by atoms with van der Waals surface area (Å²) in [5.41, 5.74) is 3.74. The first-order valence-electron chi connectivity index (χ1n) is 10.2. The SMILES string of the molecule is CCNC(=O)Nc1ccc(-c2nc3c(c(N4[C@H]5CC[C@H]4COC5)n2)COC3)cc1. The van der Waals surface area contributed by atoms with Crippen LogP contribution in [0.1, 0.15) is 31.0 Å². The van der Waals surface area contributed by atoms with Crippen molar-refractivity contribution in [2.45, 2.75) is 45.1 Å². The summed E-state index contributed by atoms with van der Waals surface area (Å²) in [6.07, 6.45) is 2.28. The molecule has 0 unspecified atom stereocenters. The number of nitrogens with zero attached hydrogens (tertiary/aromatic N) is 3. The molecule has 2 amide bonds. The molecular weight excluding hydrogens is 370 g/mol. The smallest absolute Gasteiger partial charge is 0.319 e. The molecule has 2 bridgehead atoms. The van der Waals surface area contributed by atoms with Crippen molar-refractivity contribution in [3.63, 3.8) is 0 Å². The summed E-state index contributed by atoms with van der Waals surface area (Å²) in [4.78, 5) is 23.9. The standard InChI is InChI=1S/C21H25N5O3/c1-2-22-21(27)23-14-5-3-13(4-6-14)19-24-18-12-29-11-17(18)20(25-19)26-15-7-8-16(26)10-28-9-15/h3-6,15-16H,2,7-12H2,1H3,(H2,22,23,27)/t15-,16-/m0/s1. The largest absolute Gasteiger partial charge is 0.377 e. The molecule has 29 heavy (non-hydrogen) atoms. The highest BCUT2D eigenvalue weighted by molar-refractivity contribution is 5.89. The van der Waals surface area contributed by atoms with Crippen molar-refractivity contribution in [1.29, 1.82) is 0 Å². The maximum atomic E-state index is 11.7. The summed E-state index contributed by atoms with van der Waals surface area (Å²) in [6.45, 7) is 5.07. The number of benzene rings is 1. The normalized spacial score (nSPS) is 22.4. The topological polar surface area (TPSA) is 88.6 Å². The lowest BCUT2D eigenvalue weighted by molar-refractivity contribution is 0.0898. The highest BCUT2D eigenvalue weighted by atomic mass is 16.5. The Hall–Kier alpha value is -2.71. The van der Waals surface area contributed by atoms with Crippen LogP contribution < -0.4 is 15.5 Å². The Morgan fingerprint density at radius 2 is 1.86 bits per heavy atom.